The molecule has 1 saturated heterocycles. The van der Waals surface area contributed by atoms with Gasteiger partial charge in [0.2, 0.25) is 0 Å². The van der Waals surface area contributed by atoms with Crippen LogP contribution in [0.4, 0.5) is 0 Å². The minimum absolute atomic E-state index is 0.0994. The average Bonchev–Trinajstić information content (AvgIpc) is 2.48. The van der Waals surface area contributed by atoms with Crippen molar-refractivity contribution in [1.29, 1.82) is 0 Å². The number of methoxy groups -OCH3 is 1. The molecule has 1 atom stereocenters. The Bertz CT molecular complexity index is 426. The normalized spacial score (nSPS) is 17.5. The molecule has 20 heavy (non-hydrogen) atoms. The van der Waals surface area contributed by atoms with E-state index in [1.807, 2.05) is 6.92 Å². The van der Waals surface area contributed by atoms with Crippen LogP contribution in [0.5, 0.6) is 5.75 Å². The molecule has 5 nitrogen and oxygen atoms in total. The summed E-state index contributed by atoms with van der Waals surface area (Å²) in [6.45, 7) is 6.28. The predicted octanol–water partition coefficient (Wildman–Crippen LogP) is 0.156. The zero-order chi connectivity index (χ0) is 14.4. The molecule has 0 radical (unpaired) electrons. The molecule has 0 saturated carbocycles. The van der Waals surface area contributed by atoms with Crippen molar-refractivity contribution in [2.45, 2.75) is 13.0 Å². The van der Waals surface area contributed by atoms with Gasteiger partial charge in [0.05, 0.1) is 25.9 Å². The van der Waals surface area contributed by atoms with E-state index in [9.17, 15) is 4.79 Å². The summed E-state index contributed by atoms with van der Waals surface area (Å²) < 4.78 is 15.8. The van der Waals surface area contributed by atoms with Gasteiger partial charge in [0.25, 0.3) is 0 Å². The van der Waals surface area contributed by atoms with Crippen molar-refractivity contribution < 1.29 is 23.9 Å². The van der Waals surface area contributed by atoms with Crippen LogP contribution in [0, 0.1) is 0 Å². The lowest BCUT2D eigenvalue weighted by Crippen LogP contribution is -3.15. The van der Waals surface area contributed by atoms with E-state index in [2.05, 4.69) is 0 Å². The second-order valence-electron chi connectivity index (χ2n) is 5.01. The molecular formula is C15H22NO4+. The maximum absolute atomic E-state index is 12.0. The largest absolute Gasteiger partial charge is 0.497 e. The highest BCUT2D eigenvalue weighted by molar-refractivity contribution is 5.89. The van der Waals surface area contributed by atoms with Crippen molar-refractivity contribution in [3.05, 3.63) is 29.8 Å². The van der Waals surface area contributed by atoms with E-state index in [0.717, 1.165) is 38.6 Å². The van der Waals surface area contributed by atoms with E-state index >= 15 is 0 Å². The van der Waals surface area contributed by atoms with Gasteiger partial charge in [0.15, 0.2) is 0 Å². The standard InChI is InChI=1S/C15H21NO4/c1-12(11-16-7-9-19-10-8-16)20-15(17)13-3-5-14(18-2)6-4-13/h3-6,12H,7-11H2,1-2H3/p+1/t12-/m1/s1. The second kappa shape index (κ2) is 7.26. The maximum atomic E-state index is 12.0. The smallest absolute Gasteiger partial charge is 0.338 e. The van der Waals surface area contributed by atoms with Crippen molar-refractivity contribution in [3.63, 3.8) is 0 Å². The molecule has 0 spiro atoms. The van der Waals surface area contributed by atoms with Crippen molar-refractivity contribution in [3.8, 4) is 5.75 Å². The van der Waals surface area contributed by atoms with Crippen LogP contribution in [0.1, 0.15) is 17.3 Å². The summed E-state index contributed by atoms with van der Waals surface area (Å²) in [6.07, 6.45) is -0.0994. The number of nitrogens with one attached hydrogen (secondary N) is 1. The van der Waals surface area contributed by atoms with Crippen LogP contribution < -0.4 is 9.64 Å². The molecule has 0 unspecified atom stereocenters. The number of hydrogen-bond acceptors (Lipinski definition) is 4. The monoisotopic (exact) mass is 280 g/mol. The van der Waals surface area contributed by atoms with Gasteiger partial charge in [-0.25, -0.2) is 4.79 Å². The van der Waals surface area contributed by atoms with Gasteiger partial charge >= 0.3 is 5.97 Å². The van der Waals surface area contributed by atoms with Crippen molar-refractivity contribution >= 4 is 5.97 Å². The Morgan fingerprint density at radius 2 is 1.95 bits per heavy atom. The van der Waals surface area contributed by atoms with E-state index in [1.165, 1.54) is 4.90 Å². The summed E-state index contributed by atoms with van der Waals surface area (Å²) in [5.41, 5.74) is 0.551. The molecule has 2 rings (SSSR count). The zero-order valence-corrected chi connectivity index (χ0v) is 12.1. The zero-order valence-electron chi connectivity index (χ0n) is 12.1. The van der Waals surface area contributed by atoms with Crippen LogP contribution in [0.15, 0.2) is 24.3 Å². The van der Waals surface area contributed by atoms with Crippen LogP contribution in [0.3, 0.4) is 0 Å². The minimum atomic E-state index is -0.284. The number of carbonyl (C=O) groups is 1. The summed E-state index contributed by atoms with van der Waals surface area (Å²) in [7, 11) is 1.60. The lowest BCUT2D eigenvalue weighted by atomic mass is 10.2. The summed E-state index contributed by atoms with van der Waals surface area (Å²) in [4.78, 5) is 13.4. The molecule has 1 aliphatic rings. The third kappa shape index (κ3) is 4.21. The van der Waals surface area contributed by atoms with Gasteiger partial charge in [-0.2, -0.15) is 0 Å². The van der Waals surface area contributed by atoms with Gasteiger partial charge in [-0.3, -0.25) is 0 Å². The molecule has 110 valence electrons. The predicted molar refractivity (Wildman–Crippen MR) is 74.3 cm³/mol. The number of esters is 1. The summed E-state index contributed by atoms with van der Waals surface area (Å²) in [5.74, 6) is 0.445. The molecule has 1 aromatic rings. The van der Waals surface area contributed by atoms with E-state index < -0.39 is 0 Å². The first-order valence-electron chi connectivity index (χ1n) is 6.95. The molecule has 0 amide bonds. The average molecular weight is 280 g/mol. The first-order valence-corrected chi connectivity index (χ1v) is 6.95. The van der Waals surface area contributed by atoms with Crippen LogP contribution in [0.25, 0.3) is 0 Å². The fourth-order valence-electron chi connectivity index (χ4n) is 2.29. The van der Waals surface area contributed by atoms with Gasteiger partial charge in [-0.15, -0.1) is 0 Å². The Balaban J connectivity index is 1.82. The van der Waals surface area contributed by atoms with Crippen LogP contribution in [0.2, 0.25) is 0 Å². The first-order chi connectivity index (χ1) is 9.69. The Hall–Kier alpha value is -1.59. The molecular weight excluding hydrogens is 258 g/mol. The minimum Gasteiger partial charge on any atom is -0.497 e. The highest BCUT2D eigenvalue weighted by atomic mass is 16.5. The molecule has 5 heteroatoms. The van der Waals surface area contributed by atoms with Gasteiger partial charge in [0.1, 0.15) is 31.5 Å². The number of rotatable bonds is 5. The fraction of sp³-hybridized carbons (Fsp3) is 0.533. The molecule has 0 bridgehead atoms. The molecule has 1 heterocycles. The quantitative estimate of drug-likeness (QED) is 0.780. The van der Waals surface area contributed by atoms with Gasteiger partial charge < -0.3 is 19.1 Å². The SMILES string of the molecule is COc1ccc(C(=O)O[C@H](C)C[NH+]2CCOCC2)cc1. The van der Waals surface area contributed by atoms with Crippen molar-refractivity contribution in [1.82, 2.24) is 0 Å². The topological polar surface area (TPSA) is 49.2 Å². The highest BCUT2D eigenvalue weighted by Gasteiger charge is 2.20. The molecule has 1 aliphatic heterocycles. The lowest BCUT2D eigenvalue weighted by Gasteiger charge is -2.26. The van der Waals surface area contributed by atoms with Gasteiger partial charge in [-0.1, -0.05) is 0 Å². The number of carbonyl (C=O) groups excluding carboxylic acids is 1. The molecule has 0 aliphatic carbocycles. The Labute approximate surface area is 119 Å². The van der Waals surface area contributed by atoms with E-state index in [1.54, 1.807) is 31.4 Å². The third-order valence-corrected chi connectivity index (χ3v) is 3.41. The molecule has 1 fully saturated rings. The number of hydrogen-bond donors (Lipinski definition) is 1. The highest BCUT2D eigenvalue weighted by Crippen LogP contribution is 2.12. The van der Waals surface area contributed by atoms with Crippen LogP contribution in [-0.2, 0) is 9.47 Å². The molecule has 1 N–H and O–H groups in total. The summed E-state index contributed by atoms with van der Waals surface area (Å²) >= 11 is 0. The van der Waals surface area contributed by atoms with Crippen LogP contribution in [-0.4, -0.2) is 52.0 Å². The maximum Gasteiger partial charge on any atom is 0.338 e. The van der Waals surface area contributed by atoms with E-state index in [0.29, 0.717) is 5.56 Å². The van der Waals surface area contributed by atoms with Crippen molar-refractivity contribution in [2.75, 3.05) is 40.0 Å². The number of ether oxygens (including phenoxy) is 3. The Morgan fingerprint density at radius 3 is 2.55 bits per heavy atom. The van der Waals surface area contributed by atoms with Gasteiger partial charge in [0, 0.05) is 0 Å². The summed E-state index contributed by atoms with van der Waals surface area (Å²) in [6, 6.07) is 6.95. The second-order valence-corrected chi connectivity index (χ2v) is 5.01. The lowest BCUT2D eigenvalue weighted by molar-refractivity contribution is -0.910. The molecule has 0 aromatic heterocycles. The van der Waals surface area contributed by atoms with Crippen LogP contribution >= 0.6 is 0 Å². The Morgan fingerprint density at radius 1 is 1.30 bits per heavy atom. The third-order valence-electron chi connectivity index (χ3n) is 3.41. The summed E-state index contributed by atoms with van der Waals surface area (Å²) in [5, 5.41) is 0. The fourth-order valence-corrected chi connectivity index (χ4v) is 2.29. The van der Waals surface area contributed by atoms with Gasteiger partial charge in [-0.05, 0) is 31.2 Å². The number of morpholine rings is 1. The Kier molecular flexibility index (Phi) is 5.38. The molecule has 1 aromatic carbocycles. The number of quaternary nitrogens is 1. The van der Waals surface area contributed by atoms with Crippen molar-refractivity contribution in [2.24, 2.45) is 0 Å². The van der Waals surface area contributed by atoms with E-state index in [-0.39, 0.29) is 12.1 Å². The first kappa shape index (κ1) is 14.8. The number of benzene rings is 1. The van der Waals surface area contributed by atoms with E-state index in [4.69, 9.17) is 14.2 Å².